The highest BCUT2D eigenvalue weighted by atomic mass is 16.5. The largest absolute Gasteiger partial charge is 0.497 e. The maximum absolute atomic E-state index is 12.1. The van der Waals surface area contributed by atoms with Crippen LogP contribution in [0.15, 0.2) is 42.5 Å². The van der Waals surface area contributed by atoms with Crippen molar-refractivity contribution >= 4 is 28.4 Å². The van der Waals surface area contributed by atoms with Crippen LogP contribution in [0, 0.1) is 6.92 Å². The highest BCUT2D eigenvalue weighted by Gasteiger charge is 2.10. The number of carbonyl (C=O) groups excluding carboxylic acids is 1. The first kappa shape index (κ1) is 13.9. The number of methoxy groups -OCH3 is 1. The minimum Gasteiger partial charge on any atom is -0.497 e. The van der Waals surface area contributed by atoms with Gasteiger partial charge in [-0.25, -0.2) is 4.79 Å². The van der Waals surface area contributed by atoms with E-state index >= 15 is 0 Å². The molecule has 22 heavy (non-hydrogen) atoms. The predicted molar refractivity (Wildman–Crippen MR) is 86.5 cm³/mol. The lowest BCUT2D eigenvalue weighted by atomic mass is 10.2. The molecule has 6 nitrogen and oxygen atoms in total. The summed E-state index contributed by atoms with van der Waals surface area (Å²) >= 11 is 0. The third-order valence-electron chi connectivity index (χ3n) is 3.31. The van der Waals surface area contributed by atoms with E-state index in [4.69, 9.17) is 4.74 Å². The van der Waals surface area contributed by atoms with E-state index in [1.807, 2.05) is 49.4 Å². The Kier molecular flexibility index (Phi) is 3.65. The van der Waals surface area contributed by atoms with Gasteiger partial charge in [0.25, 0.3) is 0 Å². The highest BCUT2D eigenvalue weighted by molar-refractivity contribution is 6.04. The van der Waals surface area contributed by atoms with E-state index in [-0.39, 0.29) is 6.03 Å². The molecule has 0 saturated heterocycles. The summed E-state index contributed by atoms with van der Waals surface area (Å²) in [5.41, 5.74) is 2.68. The van der Waals surface area contributed by atoms with Crippen molar-refractivity contribution in [1.29, 1.82) is 0 Å². The molecular formula is C16H16N4O2. The number of H-pyrrole nitrogens is 1. The van der Waals surface area contributed by atoms with E-state index in [0.717, 1.165) is 22.2 Å². The number of hydrogen-bond donors (Lipinski definition) is 3. The minimum atomic E-state index is -0.347. The second-order valence-electron chi connectivity index (χ2n) is 4.93. The van der Waals surface area contributed by atoms with Gasteiger partial charge in [-0.3, -0.25) is 10.4 Å². The first-order valence-electron chi connectivity index (χ1n) is 6.82. The van der Waals surface area contributed by atoms with Crippen molar-refractivity contribution in [2.45, 2.75) is 6.92 Å². The van der Waals surface area contributed by atoms with E-state index in [9.17, 15) is 4.79 Å². The van der Waals surface area contributed by atoms with Crippen molar-refractivity contribution in [3.05, 3.63) is 48.0 Å². The number of ether oxygens (including phenoxy) is 1. The summed E-state index contributed by atoms with van der Waals surface area (Å²) in [6.45, 7) is 1.99. The molecule has 0 atom stereocenters. The second kappa shape index (κ2) is 5.77. The number of anilines is 2. The Morgan fingerprint density at radius 2 is 1.91 bits per heavy atom. The Labute approximate surface area is 127 Å². The smallest absolute Gasteiger partial charge is 0.324 e. The molecule has 0 aliphatic carbocycles. The van der Waals surface area contributed by atoms with E-state index < -0.39 is 0 Å². The molecule has 6 heteroatoms. The lowest BCUT2D eigenvalue weighted by molar-refractivity contribution is 0.262. The number of rotatable bonds is 3. The molecule has 0 fully saturated rings. The molecule has 2 aromatic carbocycles. The second-order valence-corrected chi connectivity index (χ2v) is 4.93. The van der Waals surface area contributed by atoms with Crippen molar-refractivity contribution in [1.82, 2.24) is 10.2 Å². The average molecular weight is 296 g/mol. The van der Waals surface area contributed by atoms with Crippen molar-refractivity contribution < 1.29 is 9.53 Å². The van der Waals surface area contributed by atoms with Crippen LogP contribution >= 0.6 is 0 Å². The summed E-state index contributed by atoms with van der Waals surface area (Å²) < 4.78 is 5.19. The van der Waals surface area contributed by atoms with Gasteiger partial charge in [0.1, 0.15) is 5.75 Å². The number of fused-ring (bicyclic) bond motifs is 1. The Hall–Kier alpha value is -3.02. The molecule has 0 aliphatic heterocycles. The van der Waals surface area contributed by atoms with Gasteiger partial charge in [0.2, 0.25) is 0 Å². The maximum atomic E-state index is 12.1. The average Bonchev–Trinajstić information content (AvgIpc) is 2.91. The van der Waals surface area contributed by atoms with Crippen LogP contribution in [0.25, 0.3) is 10.9 Å². The fourth-order valence-corrected chi connectivity index (χ4v) is 2.12. The number of benzene rings is 2. The number of nitrogens with zero attached hydrogens (tertiary/aromatic N) is 1. The van der Waals surface area contributed by atoms with Crippen molar-refractivity contribution in [3.8, 4) is 5.75 Å². The van der Waals surface area contributed by atoms with Crippen LogP contribution in [-0.4, -0.2) is 23.3 Å². The molecule has 3 N–H and O–H groups in total. The van der Waals surface area contributed by atoms with Gasteiger partial charge >= 0.3 is 6.03 Å². The molecule has 0 aliphatic rings. The lowest BCUT2D eigenvalue weighted by Crippen LogP contribution is -2.19. The molecule has 0 bridgehead atoms. The summed E-state index contributed by atoms with van der Waals surface area (Å²) in [4.78, 5) is 12.1. The van der Waals surface area contributed by atoms with Gasteiger partial charge < -0.3 is 10.1 Å². The van der Waals surface area contributed by atoms with Crippen LogP contribution in [0.4, 0.5) is 16.3 Å². The predicted octanol–water partition coefficient (Wildman–Crippen LogP) is 3.52. The summed E-state index contributed by atoms with van der Waals surface area (Å²) in [6, 6.07) is 12.7. The monoisotopic (exact) mass is 296 g/mol. The topological polar surface area (TPSA) is 79.0 Å². The molecule has 3 aromatic rings. The molecule has 112 valence electrons. The molecule has 0 unspecified atom stereocenters. The molecule has 0 radical (unpaired) electrons. The van der Waals surface area contributed by atoms with Crippen LogP contribution in [0.5, 0.6) is 5.75 Å². The number of carbonyl (C=O) groups is 1. The zero-order valence-electron chi connectivity index (χ0n) is 12.3. The van der Waals surface area contributed by atoms with Crippen LogP contribution in [0.2, 0.25) is 0 Å². The Morgan fingerprint density at radius 1 is 1.14 bits per heavy atom. The van der Waals surface area contributed by atoms with Gasteiger partial charge in [-0.2, -0.15) is 5.10 Å². The third kappa shape index (κ3) is 2.85. The summed E-state index contributed by atoms with van der Waals surface area (Å²) in [5.74, 6) is 1.16. The van der Waals surface area contributed by atoms with E-state index in [1.54, 1.807) is 7.11 Å². The zero-order valence-corrected chi connectivity index (χ0v) is 12.3. The normalized spacial score (nSPS) is 10.5. The number of urea groups is 1. The Balaban J connectivity index is 1.77. The molecule has 3 rings (SSSR count). The SMILES string of the molecule is COc1ccc2[nH]nc(NC(=O)Nc3ccc(C)cc3)c2c1. The van der Waals surface area contributed by atoms with Crippen LogP contribution < -0.4 is 15.4 Å². The zero-order chi connectivity index (χ0) is 15.5. The van der Waals surface area contributed by atoms with Crippen molar-refractivity contribution in [2.75, 3.05) is 17.7 Å². The molecule has 1 heterocycles. The standard InChI is InChI=1S/C16H16N4O2/c1-10-3-5-11(6-4-10)17-16(21)18-15-13-9-12(22-2)7-8-14(13)19-20-15/h3-9H,1-2H3,(H3,17,18,19,20,21). The van der Waals surface area contributed by atoms with Gasteiger partial charge in [0.15, 0.2) is 5.82 Å². The number of aryl methyl sites for hydroxylation is 1. The van der Waals surface area contributed by atoms with E-state index in [0.29, 0.717) is 11.6 Å². The maximum Gasteiger partial charge on any atom is 0.324 e. The summed E-state index contributed by atoms with van der Waals surface area (Å²) in [6.07, 6.45) is 0. The van der Waals surface area contributed by atoms with Crippen molar-refractivity contribution in [2.24, 2.45) is 0 Å². The molecular weight excluding hydrogens is 280 g/mol. The molecule has 0 spiro atoms. The van der Waals surface area contributed by atoms with Gasteiger partial charge in [-0.1, -0.05) is 17.7 Å². The fourth-order valence-electron chi connectivity index (χ4n) is 2.12. The molecule has 2 amide bonds. The van der Waals surface area contributed by atoms with Gasteiger partial charge in [-0.15, -0.1) is 0 Å². The lowest BCUT2D eigenvalue weighted by Gasteiger charge is -2.06. The first-order valence-corrected chi connectivity index (χ1v) is 6.82. The van der Waals surface area contributed by atoms with E-state index in [2.05, 4.69) is 20.8 Å². The fraction of sp³-hybridized carbons (Fsp3) is 0.125. The number of amides is 2. The number of hydrogen-bond acceptors (Lipinski definition) is 3. The molecule has 0 saturated carbocycles. The van der Waals surface area contributed by atoms with Crippen LogP contribution in [0.3, 0.4) is 0 Å². The quantitative estimate of drug-likeness (QED) is 0.692. The van der Waals surface area contributed by atoms with Gasteiger partial charge in [0, 0.05) is 11.1 Å². The molecule has 1 aromatic heterocycles. The Bertz CT molecular complexity index is 809. The Morgan fingerprint density at radius 3 is 2.64 bits per heavy atom. The first-order chi connectivity index (χ1) is 10.7. The number of nitrogens with one attached hydrogen (secondary N) is 3. The van der Waals surface area contributed by atoms with Crippen LogP contribution in [0.1, 0.15) is 5.56 Å². The van der Waals surface area contributed by atoms with Crippen molar-refractivity contribution in [3.63, 3.8) is 0 Å². The number of aromatic amines is 1. The highest BCUT2D eigenvalue weighted by Crippen LogP contribution is 2.25. The third-order valence-corrected chi connectivity index (χ3v) is 3.31. The summed E-state index contributed by atoms with van der Waals surface area (Å²) in [7, 11) is 1.60. The van der Waals surface area contributed by atoms with Crippen LogP contribution in [-0.2, 0) is 0 Å². The number of aromatic nitrogens is 2. The van der Waals surface area contributed by atoms with Gasteiger partial charge in [-0.05, 0) is 37.3 Å². The minimum absolute atomic E-state index is 0.347. The van der Waals surface area contributed by atoms with Gasteiger partial charge in [0.05, 0.1) is 12.6 Å². The summed E-state index contributed by atoms with van der Waals surface area (Å²) in [5, 5.41) is 13.3. The van der Waals surface area contributed by atoms with E-state index in [1.165, 1.54) is 0 Å².